The van der Waals surface area contributed by atoms with Crippen LogP contribution in [0.3, 0.4) is 0 Å². The molecule has 2 aliphatic heterocycles. The summed E-state index contributed by atoms with van der Waals surface area (Å²) in [6, 6.07) is 15.4. The highest BCUT2D eigenvalue weighted by Crippen LogP contribution is 2.28. The Balaban J connectivity index is 1.26. The Morgan fingerprint density at radius 2 is 1.59 bits per heavy atom. The Hall–Kier alpha value is -4.61. The van der Waals surface area contributed by atoms with Crippen LogP contribution < -0.4 is 14.5 Å². The van der Waals surface area contributed by atoms with Crippen LogP contribution in [-0.2, 0) is 11.3 Å². The number of hydrogen-bond acceptors (Lipinski definition) is 6. The highest BCUT2D eigenvalue weighted by atomic mass is 19.4. The molecule has 0 spiro atoms. The maximum Gasteiger partial charge on any atom is 0.573 e. The van der Waals surface area contributed by atoms with Crippen LogP contribution in [0, 0.1) is 0 Å². The number of carbonyl (C=O) groups excluding carboxylic acids is 3. The predicted molar refractivity (Wildman–Crippen MR) is 135 cm³/mol. The molecule has 202 valence electrons. The molecule has 2 saturated heterocycles. The van der Waals surface area contributed by atoms with Gasteiger partial charge in [0, 0.05) is 50.8 Å². The lowest BCUT2D eigenvalue weighted by Crippen LogP contribution is -2.49. The zero-order valence-corrected chi connectivity index (χ0v) is 20.7. The van der Waals surface area contributed by atoms with E-state index >= 15 is 0 Å². The number of piperazine rings is 1. The molecule has 12 heteroatoms. The number of halogens is 3. The Kier molecular flexibility index (Phi) is 7.09. The van der Waals surface area contributed by atoms with Crippen molar-refractivity contribution in [3.05, 3.63) is 84.2 Å². The minimum absolute atomic E-state index is 0.0100. The lowest BCUT2D eigenvalue weighted by molar-refractivity contribution is -0.274. The van der Waals surface area contributed by atoms with Crippen LogP contribution in [0.1, 0.15) is 15.9 Å². The molecule has 2 aromatic carbocycles. The van der Waals surface area contributed by atoms with E-state index in [1.165, 1.54) is 29.4 Å². The second kappa shape index (κ2) is 10.6. The van der Waals surface area contributed by atoms with Crippen LogP contribution in [0.2, 0.25) is 0 Å². The summed E-state index contributed by atoms with van der Waals surface area (Å²) in [6.45, 7) is 2.13. The summed E-state index contributed by atoms with van der Waals surface area (Å²) < 4.78 is 41.2. The van der Waals surface area contributed by atoms with E-state index in [4.69, 9.17) is 0 Å². The average Bonchev–Trinajstić information content (AvgIpc) is 3.21. The molecule has 2 fully saturated rings. The Morgan fingerprint density at radius 1 is 0.897 bits per heavy atom. The Labute approximate surface area is 222 Å². The highest BCUT2D eigenvalue weighted by molar-refractivity contribution is 6.19. The number of urea groups is 1. The molecule has 0 saturated carbocycles. The van der Waals surface area contributed by atoms with Gasteiger partial charge in [-0.25, -0.2) is 9.69 Å². The number of imide groups is 1. The lowest BCUT2D eigenvalue weighted by atomic mass is 10.1. The molecule has 0 atom stereocenters. The molecule has 9 nitrogen and oxygen atoms in total. The van der Waals surface area contributed by atoms with Crippen molar-refractivity contribution >= 4 is 29.2 Å². The molecule has 3 heterocycles. The summed E-state index contributed by atoms with van der Waals surface area (Å²) in [5.41, 5.74) is 2.09. The van der Waals surface area contributed by atoms with Crippen molar-refractivity contribution in [2.45, 2.75) is 12.9 Å². The molecule has 39 heavy (non-hydrogen) atoms. The molecule has 0 N–H and O–H groups in total. The number of amides is 4. The smallest absolute Gasteiger partial charge is 0.406 e. The van der Waals surface area contributed by atoms with Gasteiger partial charge >= 0.3 is 12.4 Å². The number of anilines is 2. The number of aromatic nitrogens is 1. The van der Waals surface area contributed by atoms with E-state index in [0.29, 0.717) is 37.3 Å². The van der Waals surface area contributed by atoms with E-state index in [0.717, 1.165) is 22.7 Å². The predicted octanol–water partition coefficient (Wildman–Crippen LogP) is 3.91. The van der Waals surface area contributed by atoms with Gasteiger partial charge in [-0.15, -0.1) is 13.2 Å². The third kappa shape index (κ3) is 5.79. The number of hydrogen-bond donors (Lipinski definition) is 0. The van der Waals surface area contributed by atoms with Crippen LogP contribution in [0.25, 0.3) is 0 Å². The minimum atomic E-state index is -4.85. The standard InChI is InChI=1S/C27H24F3N5O4/c28-27(29,30)39-22-8-6-21(7-9-22)35-24(36)18-34(26(35)38)17-19-10-11-31-16-23(19)25(37)33-14-12-32(13-15-33)20-4-2-1-3-5-20/h1-11,16H,12-15,17-18H2. The number of rotatable bonds is 6. The number of ether oxygens (including phenoxy) is 1. The average molecular weight is 540 g/mol. The van der Waals surface area contributed by atoms with Crippen molar-refractivity contribution in [1.82, 2.24) is 14.8 Å². The quantitative estimate of drug-likeness (QED) is 0.442. The van der Waals surface area contributed by atoms with Crippen LogP contribution in [0.5, 0.6) is 5.75 Å². The van der Waals surface area contributed by atoms with Crippen molar-refractivity contribution in [1.29, 1.82) is 0 Å². The van der Waals surface area contributed by atoms with E-state index in [2.05, 4.69) is 14.6 Å². The van der Waals surface area contributed by atoms with Gasteiger partial charge in [-0.1, -0.05) is 18.2 Å². The third-order valence-corrected chi connectivity index (χ3v) is 6.56. The number of pyridine rings is 1. The second-order valence-corrected chi connectivity index (χ2v) is 9.06. The lowest BCUT2D eigenvalue weighted by Gasteiger charge is -2.36. The SMILES string of the molecule is O=C(c1cnccc1CN1CC(=O)N(c2ccc(OC(F)(F)F)cc2)C1=O)N1CCN(c2ccccc2)CC1. The minimum Gasteiger partial charge on any atom is -0.406 e. The first-order valence-corrected chi connectivity index (χ1v) is 12.2. The highest BCUT2D eigenvalue weighted by Gasteiger charge is 2.38. The van der Waals surface area contributed by atoms with Gasteiger partial charge in [-0.3, -0.25) is 14.6 Å². The number of para-hydroxylation sites is 1. The first kappa shape index (κ1) is 26.0. The normalized spacial score (nSPS) is 16.2. The van der Waals surface area contributed by atoms with E-state index in [-0.39, 0.29) is 24.7 Å². The van der Waals surface area contributed by atoms with Gasteiger partial charge in [-0.2, -0.15) is 0 Å². The summed E-state index contributed by atoms with van der Waals surface area (Å²) in [6.07, 6.45) is -1.88. The van der Waals surface area contributed by atoms with Crippen molar-refractivity contribution in [2.24, 2.45) is 0 Å². The van der Waals surface area contributed by atoms with Crippen LogP contribution in [-0.4, -0.2) is 71.7 Å². The largest absolute Gasteiger partial charge is 0.573 e. The molecule has 0 unspecified atom stereocenters. The van der Waals surface area contributed by atoms with Gasteiger partial charge in [0.1, 0.15) is 12.3 Å². The number of benzene rings is 2. The molecule has 4 amide bonds. The monoisotopic (exact) mass is 539 g/mol. The van der Waals surface area contributed by atoms with E-state index in [1.54, 1.807) is 11.0 Å². The number of carbonyl (C=O) groups is 3. The van der Waals surface area contributed by atoms with Crippen molar-refractivity contribution in [3.8, 4) is 5.75 Å². The maximum absolute atomic E-state index is 13.4. The second-order valence-electron chi connectivity index (χ2n) is 9.06. The molecule has 3 aromatic rings. The fraction of sp³-hybridized carbons (Fsp3) is 0.259. The maximum atomic E-state index is 13.4. The van der Waals surface area contributed by atoms with Crippen molar-refractivity contribution in [2.75, 3.05) is 42.5 Å². The van der Waals surface area contributed by atoms with E-state index < -0.39 is 24.1 Å². The number of nitrogens with zero attached hydrogens (tertiary/aromatic N) is 5. The van der Waals surface area contributed by atoms with Crippen molar-refractivity contribution in [3.63, 3.8) is 0 Å². The van der Waals surface area contributed by atoms with Crippen molar-refractivity contribution < 1.29 is 32.3 Å². The first-order chi connectivity index (χ1) is 18.7. The summed E-state index contributed by atoms with van der Waals surface area (Å²) in [5, 5.41) is 0. The fourth-order valence-electron chi connectivity index (χ4n) is 4.66. The van der Waals surface area contributed by atoms with E-state index in [9.17, 15) is 27.6 Å². The van der Waals surface area contributed by atoms with Gasteiger partial charge in [0.2, 0.25) is 0 Å². The zero-order valence-electron chi connectivity index (χ0n) is 20.7. The van der Waals surface area contributed by atoms with Crippen LogP contribution in [0.15, 0.2) is 73.1 Å². The zero-order chi connectivity index (χ0) is 27.6. The topological polar surface area (TPSA) is 86.3 Å². The molecular weight excluding hydrogens is 515 g/mol. The van der Waals surface area contributed by atoms with E-state index in [1.807, 2.05) is 30.3 Å². The molecule has 5 rings (SSSR count). The molecule has 0 bridgehead atoms. The molecular formula is C27H24F3N5O4. The van der Waals surface area contributed by atoms with Gasteiger partial charge < -0.3 is 19.4 Å². The van der Waals surface area contributed by atoms with Gasteiger partial charge in [0.15, 0.2) is 0 Å². The van der Waals surface area contributed by atoms with Gasteiger partial charge in [0.05, 0.1) is 11.3 Å². The summed E-state index contributed by atoms with van der Waals surface area (Å²) in [7, 11) is 0. The molecule has 1 aromatic heterocycles. The van der Waals surface area contributed by atoms with Crippen LogP contribution in [0.4, 0.5) is 29.3 Å². The third-order valence-electron chi connectivity index (χ3n) is 6.56. The fourth-order valence-corrected chi connectivity index (χ4v) is 4.66. The van der Waals surface area contributed by atoms with Gasteiger partial charge in [-0.05, 0) is 48.0 Å². The summed E-state index contributed by atoms with van der Waals surface area (Å²) in [4.78, 5) is 49.4. The molecule has 0 aliphatic carbocycles. The summed E-state index contributed by atoms with van der Waals surface area (Å²) in [5.74, 6) is -1.21. The first-order valence-electron chi connectivity index (χ1n) is 12.2. The molecule has 2 aliphatic rings. The Bertz CT molecular complexity index is 1360. The summed E-state index contributed by atoms with van der Waals surface area (Å²) >= 11 is 0. The molecule has 0 radical (unpaired) electrons. The Morgan fingerprint density at radius 3 is 2.26 bits per heavy atom. The number of alkyl halides is 3. The van der Waals surface area contributed by atoms with Crippen LogP contribution >= 0.6 is 0 Å². The van der Waals surface area contributed by atoms with Gasteiger partial charge in [0.25, 0.3) is 11.8 Å².